The molecule has 0 aliphatic rings. The number of sulfonamides is 1. The lowest BCUT2D eigenvalue weighted by Gasteiger charge is -2.17. The molecule has 3 aromatic rings. The number of benzene rings is 3. The van der Waals surface area contributed by atoms with E-state index in [4.69, 9.17) is 0 Å². The number of nitrogens with one attached hydrogen (secondary N) is 1. The molecule has 0 fully saturated rings. The summed E-state index contributed by atoms with van der Waals surface area (Å²) < 4.78 is 27.0. The number of fused-ring (bicyclic) bond motifs is 1. The van der Waals surface area contributed by atoms with Crippen LogP contribution >= 0.6 is 15.9 Å². The quantitative estimate of drug-likeness (QED) is 0.665. The van der Waals surface area contributed by atoms with E-state index in [9.17, 15) is 13.2 Å². The maximum atomic E-state index is 12.6. The molecule has 0 aromatic heterocycles. The molecule has 0 atom stereocenters. The van der Waals surface area contributed by atoms with Crippen molar-refractivity contribution in [2.75, 3.05) is 18.9 Å². The SMILES string of the molecule is CN(CC(=O)Nc1cccc2ccccc12)S(=O)(=O)c1ccc(Br)cc1. The van der Waals surface area contributed by atoms with Crippen molar-refractivity contribution >= 4 is 48.3 Å². The first-order valence-corrected chi connectivity index (χ1v) is 10.1. The van der Waals surface area contributed by atoms with Gasteiger partial charge in [0.1, 0.15) is 0 Å². The number of hydrogen-bond donors (Lipinski definition) is 1. The Morgan fingerprint density at radius 3 is 2.38 bits per heavy atom. The fraction of sp³-hybridized carbons (Fsp3) is 0.105. The molecule has 5 nitrogen and oxygen atoms in total. The van der Waals surface area contributed by atoms with E-state index in [-0.39, 0.29) is 11.4 Å². The van der Waals surface area contributed by atoms with Crippen molar-refractivity contribution in [2.24, 2.45) is 0 Å². The molecule has 7 heteroatoms. The van der Waals surface area contributed by atoms with Crippen molar-refractivity contribution in [1.82, 2.24) is 4.31 Å². The summed E-state index contributed by atoms with van der Waals surface area (Å²) in [5, 5.41) is 4.70. The third-order valence-electron chi connectivity index (χ3n) is 3.95. The lowest BCUT2D eigenvalue weighted by Crippen LogP contribution is -2.35. The first-order chi connectivity index (χ1) is 12.4. The molecular weight excluding hydrogens is 416 g/mol. The summed E-state index contributed by atoms with van der Waals surface area (Å²) in [6.45, 7) is -0.276. The third-order valence-corrected chi connectivity index (χ3v) is 6.30. The van der Waals surface area contributed by atoms with Crippen molar-refractivity contribution in [3.8, 4) is 0 Å². The average Bonchev–Trinajstić information content (AvgIpc) is 2.62. The highest BCUT2D eigenvalue weighted by Crippen LogP contribution is 2.23. The number of anilines is 1. The van der Waals surface area contributed by atoms with E-state index in [1.807, 2.05) is 36.4 Å². The molecule has 0 saturated carbocycles. The van der Waals surface area contributed by atoms with Crippen LogP contribution in [0.25, 0.3) is 10.8 Å². The molecule has 1 N–H and O–H groups in total. The maximum absolute atomic E-state index is 12.6. The first-order valence-electron chi connectivity index (χ1n) is 7.87. The van der Waals surface area contributed by atoms with Crippen LogP contribution in [0.3, 0.4) is 0 Å². The number of likely N-dealkylation sites (N-methyl/N-ethyl adjacent to an activating group) is 1. The van der Waals surface area contributed by atoms with E-state index >= 15 is 0 Å². The predicted octanol–water partition coefficient (Wildman–Crippen LogP) is 3.86. The highest BCUT2D eigenvalue weighted by atomic mass is 79.9. The summed E-state index contributed by atoms with van der Waals surface area (Å²) >= 11 is 3.27. The van der Waals surface area contributed by atoms with E-state index < -0.39 is 15.9 Å². The molecule has 0 radical (unpaired) electrons. The van der Waals surface area contributed by atoms with E-state index in [2.05, 4.69) is 21.2 Å². The molecule has 26 heavy (non-hydrogen) atoms. The molecule has 0 aliphatic heterocycles. The zero-order valence-corrected chi connectivity index (χ0v) is 16.4. The van der Waals surface area contributed by atoms with Gasteiger partial charge in [-0.25, -0.2) is 8.42 Å². The van der Waals surface area contributed by atoms with Gasteiger partial charge in [0.2, 0.25) is 15.9 Å². The second-order valence-electron chi connectivity index (χ2n) is 5.79. The average molecular weight is 433 g/mol. The fourth-order valence-electron chi connectivity index (χ4n) is 2.60. The van der Waals surface area contributed by atoms with Crippen LogP contribution in [-0.2, 0) is 14.8 Å². The van der Waals surface area contributed by atoms with E-state index in [1.54, 1.807) is 18.2 Å². The van der Waals surface area contributed by atoms with Crippen LogP contribution in [0.2, 0.25) is 0 Å². The Morgan fingerprint density at radius 1 is 1.00 bits per heavy atom. The Kier molecular flexibility index (Phi) is 5.41. The lowest BCUT2D eigenvalue weighted by molar-refractivity contribution is -0.116. The smallest absolute Gasteiger partial charge is 0.243 e. The highest BCUT2D eigenvalue weighted by molar-refractivity contribution is 9.10. The Hall–Kier alpha value is -2.22. The van der Waals surface area contributed by atoms with Gasteiger partial charge >= 0.3 is 0 Å². The van der Waals surface area contributed by atoms with Crippen LogP contribution in [0.5, 0.6) is 0 Å². The Labute approximate surface area is 160 Å². The summed E-state index contributed by atoms with van der Waals surface area (Å²) in [7, 11) is -2.34. The zero-order valence-electron chi connectivity index (χ0n) is 14.0. The van der Waals surface area contributed by atoms with Crippen molar-refractivity contribution in [3.63, 3.8) is 0 Å². The number of hydrogen-bond acceptors (Lipinski definition) is 3. The molecule has 134 valence electrons. The van der Waals surface area contributed by atoms with E-state index in [1.165, 1.54) is 19.2 Å². The molecule has 0 bridgehead atoms. The number of amides is 1. The van der Waals surface area contributed by atoms with Crippen LogP contribution in [0.15, 0.2) is 76.1 Å². The molecule has 1 amide bonds. The van der Waals surface area contributed by atoms with E-state index in [0.717, 1.165) is 19.6 Å². The Balaban J connectivity index is 1.76. The van der Waals surface area contributed by atoms with Crippen molar-refractivity contribution < 1.29 is 13.2 Å². The van der Waals surface area contributed by atoms with Gasteiger partial charge in [0.15, 0.2) is 0 Å². The Morgan fingerprint density at radius 2 is 1.65 bits per heavy atom. The van der Waals surface area contributed by atoms with Gasteiger partial charge in [0, 0.05) is 22.6 Å². The third kappa shape index (κ3) is 3.95. The minimum Gasteiger partial charge on any atom is -0.324 e. The van der Waals surface area contributed by atoms with Gasteiger partial charge in [-0.15, -0.1) is 0 Å². The van der Waals surface area contributed by atoms with Crippen LogP contribution < -0.4 is 5.32 Å². The van der Waals surface area contributed by atoms with Crippen molar-refractivity contribution in [2.45, 2.75) is 4.90 Å². The van der Waals surface area contributed by atoms with Crippen LogP contribution in [0.1, 0.15) is 0 Å². The van der Waals surface area contributed by atoms with Gasteiger partial charge in [-0.05, 0) is 35.7 Å². The zero-order chi connectivity index (χ0) is 18.7. The number of rotatable bonds is 5. The molecule has 0 saturated heterocycles. The summed E-state index contributed by atoms with van der Waals surface area (Å²) in [4.78, 5) is 12.5. The van der Waals surface area contributed by atoms with Gasteiger partial charge < -0.3 is 5.32 Å². The standard InChI is InChI=1S/C19H17BrN2O3S/c1-22(26(24,25)16-11-9-15(20)10-12-16)13-19(23)21-18-8-4-6-14-5-2-3-7-17(14)18/h2-12H,13H2,1H3,(H,21,23). The minimum atomic E-state index is -3.73. The number of carbonyl (C=O) groups excluding carboxylic acids is 1. The largest absolute Gasteiger partial charge is 0.324 e. The summed E-state index contributed by atoms with van der Waals surface area (Å²) in [5.74, 6) is -0.399. The molecule has 0 heterocycles. The van der Waals surface area contributed by atoms with Gasteiger partial charge in [-0.3, -0.25) is 4.79 Å². The van der Waals surface area contributed by atoms with Gasteiger partial charge in [0.25, 0.3) is 0 Å². The van der Waals surface area contributed by atoms with E-state index in [0.29, 0.717) is 5.69 Å². The second kappa shape index (κ2) is 7.57. The van der Waals surface area contributed by atoms with Gasteiger partial charge in [-0.2, -0.15) is 4.31 Å². The number of carbonyl (C=O) groups is 1. The number of nitrogens with zero attached hydrogens (tertiary/aromatic N) is 1. The molecule has 3 aromatic carbocycles. The monoisotopic (exact) mass is 432 g/mol. The predicted molar refractivity (Wildman–Crippen MR) is 107 cm³/mol. The van der Waals surface area contributed by atoms with Gasteiger partial charge in [0.05, 0.1) is 11.4 Å². The van der Waals surface area contributed by atoms with Crippen molar-refractivity contribution in [1.29, 1.82) is 0 Å². The molecular formula is C19H17BrN2O3S. The summed E-state index contributed by atoms with van der Waals surface area (Å²) in [6.07, 6.45) is 0. The summed E-state index contributed by atoms with van der Waals surface area (Å²) in [6, 6.07) is 19.6. The molecule has 0 spiro atoms. The van der Waals surface area contributed by atoms with Crippen LogP contribution in [0, 0.1) is 0 Å². The lowest BCUT2D eigenvalue weighted by atomic mass is 10.1. The van der Waals surface area contributed by atoms with Gasteiger partial charge in [-0.1, -0.05) is 52.3 Å². The molecule has 0 unspecified atom stereocenters. The second-order valence-corrected chi connectivity index (χ2v) is 8.75. The highest BCUT2D eigenvalue weighted by Gasteiger charge is 2.23. The normalized spacial score (nSPS) is 11.7. The number of halogens is 1. The van der Waals surface area contributed by atoms with Crippen LogP contribution in [0.4, 0.5) is 5.69 Å². The maximum Gasteiger partial charge on any atom is 0.243 e. The fourth-order valence-corrected chi connectivity index (χ4v) is 3.99. The summed E-state index contributed by atoms with van der Waals surface area (Å²) in [5.41, 5.74) is 0.655. The molecule has 0 aliphatic carbocycles. The van der Waals surface area contributed by atoms with Crippen molar-refractivity contribution in [3.05, 3.63) is 71.2 Å². The first kappa shape index (κ1) is 18.6. The minimum absolute atomic E-state index is 0.140. The topological polar surface area (TPSA) is 66.5 Å². The molecule has 3 rings (SSSR count). The van der Waals surface area contributed by atoms with Crippen LogP contribution in [-0.4, -0.2) is 32.2 Å². The Bertz CT molecular complexity index is 1040.